The van der Waals surface area contributed by atoms with Crippen LogP contribution < -0.4 is 10.2 Å². The van der Waals surface area contributed by atoms with Gasteiger partial charge in [0.1, 0.15) is 23.3 Å². The van der Waals surface area contributed by atoms with Gasteiger partial charge in [-0.15, -0.1) is 0 Å². The summed E-state index contributed by atoms with van der Waals surface area (Å²) in [6.07, 6.45) is 1.69. The van der Waals surface area contributed by atoms with E-state index < -0.39 is 0 Å². The standard InChI is InChI=1S/C24H28N4O2/c1-4-27(5-2)12-13-28-15-26-24-22(23(28)25)21(17-8-6-16(3)7-9-17)19-11-10-18(29)14-20(19)30-24/h6-11,14-15,21,25,29H,4-5,12-13H2,1-3H3/t21-/m0/s1. The second-order valence-electron chi connectivity index (χ2n) is 7.70. The lowest BCUT2D eigenvalue weighted by Crippen LogP contribution is -2.34. The average Bonchev–Trinajstić information content (AvgIpc) is 2.75. The molecule has 1 aliphatic heterocycles. The Kier molecular flexibility index (Phi) is 5.59. The Morgan fingerprint density at radius 1 is 1.13 bits per heavy atom. The van der Waals surface area contributed by atoms with E-state index in [1.165, 1.54) is 5.56 Å². The van der Waals surface area contributed by atoms with Crippen molar-refractivity contribution in [2.75, 3.05) is 19.6 Å². The van der Waals surface area contributed by atoms with Crippen molar-refractivity contribution in [3.63, 3.8) is 0 Å². The maximum absolute atomic E-state index is 9.95. The summed E-state index contributed by atoms with van der Waals surface area (Å²) < 4.78 is 7.92. The number of hydrogen-bond donors (Lipinski definition) is 2. The highest BCUT2D eigenvalue weighted by atomic mass is 16.5. The predicted octanol–water partition coefficient (Wildman–Crippen LogP) is 4.00. The van der Waals surface area contributed by atoms with Crippen molar-refractivity contribution in [3.8, 4) is 17.4 Å². The van der Waals surface area contributed by atoms with Crippen molar-refractivity contribution < 1.29 is 9.84 Å². The number of aryl methyl sites for hydroxylation is 1. The number of rotatable bonds is 6. The number of likely N-dealkylation sites (N-methyl/N-ethyl adjacent to an activating group) is 1. The summed E-state index contributed by atoms with van der Waals surface area (Å²) in [6, 6.07) is 13.5. The molecule has 2 heterocycles. The second kappa shape index (κ2) is 8.32. The van der Waals surface area contributed by atoms with Crippen molar-refractivity contribution in [2.45, 2.75) is 33.2 Å². The van der Waals surface area contributed by atoms with E-state index in [0.29, 0.717) is 23.7 Å². The molecule has 0 radical (unpaired) electrons. The molecule has 0 bridgehead atoms. The summed E-state index contributed by atoms with van der Waals surface area (Å²) in [6.45, 7) is 9.88. The zero-order valence-electron chi connectivity index (χ0n) is 17.7. The van der Waals surface area contributed by atoms with Crippen LogP contribution in [0.25, 0.3) is 0 Å². The van der Waals surface area contributed by atoms with Crippen LogP contribution in [0.4, 0.5) is 0 Å². The van der Waals surface area contributed by atoms with Crippen molar-refractivity contribution >= 4 is 0 Å². The molecule has 6 heteroatoms. The van der Waals surface area contributed by atoms with Crippen LogP contribution in [0.1, 0.15) is 42.0 Å². The molecule has 0 fully saturated rings. The molecule has 2 N–H and O–H groups in total. The molecule has 0 unspecified atom stereocenters. The van der Waals surface area contributed by atoms with Crippen molar-refractivity contribution in [1.82, 2.24) is 14.5 Å². The molecule has 1 atom stereocenters. The first-order valence-electron chi connectivity index (χ1n) is 10.5. The summed E-state index contributed by atoms with van der Waals surface area (Å²) in [4.78, 5) is 6.88. The van der Waals surface area contributed by atoms with E-state index in [1.54, 1.807) is 18.5 Å². The molecule has 156 valence electrons. The summed E-state index contributed by atoms with van der Waals surface area (Å²) in [5, 5.41) is 18.9. The Bertz CT molecular complexity index is 1100. The molecule has 4 rings (SSSR count). The van der Waals surface area contributed by atoms with Crippen molar-refractivity contribution in [2.24, 2.45) is 0 Å². The van der Waals surface area contributed by atoms with E-state index in [0.717, 1.165) is 36.3 Å². The minimum Gasteiger partial charge on any atom is -0.508 e. The van der Waals surface area contributed by atoms with Gasteiger partial charge in [-0.1, -0.05) is 49.7 Å². The van der Waals surface area contributed by atoms with Crippen molar-refractivity contribution in [3.05, 3.63) is 76.5 Å². The largest absolute Gasteiger partial charge is 0.508 e. The monoisotopic (exact) mass is 404 g/mol. The van der Waals surface area contributed by atoms with Crippen LogP contribution >= 0.6 is 0 Å². The zero-order chi connectivity index (χ0) is 21.3. The fourth-order valence-corrected chi connectivity index (χ4v) is 4.02. The molecule has 1 aliphatic rings. The van der Waals surface area contributed by atoms with Gasteiger partial charge >= 0.3 is 0 Å². The molecular formula is C24H28N4O2. The highest BCUT2D eigenvalue weighted by Crippen LogP contribution is 2.45. The lowest BCUT2D eigenvalue weighted by molar-refractivity contribution is 0.286. The van der Waals surface area contributed by atoms with E-state index in [9.17, 15) is 5.11 Å². The van der Waals surface area contributed by atoms with Gasteiger partial charge in [0.2, 0.25) is 5.88 Å². The summed E-state index contributed by atoms with van der Waals surface area (Å²) in [5.41, 5.74) is 4.37. The van der Waals surface area contributed by atoms with E-state index in [1.807, 2.05) is 10.6 Å². The van der Waals surface area contributed by atoms with Gasteiger partial charge in [-0.3, -0.25) is 5.41 Å². The van der Waals surface area contributed by atoms with Gasteiger partial charge in [0.05, 0.1) is 5.56 Å². The lowest BCUT2D eigenvalue weighted by atomic mass is 9.83. The van der Waals surface area contributed by atoms with Gasteiger partial charge in [0.15, 0.2) is 0 Å². The maximum Gasteiger partial charge on any atom is 0.228 e. The third-order valence-corrected chi connectivity index (χ3v) is 5.85. The number of hydrogen-bond acceptors (Lipinski definition) is 5. The first kappa shape index (κ1) is 20.2. The SMILES string of the molecule is CCN(CC)CCn1cnc2c(c1=N)[C@@H](c1ccc(C)cc1)c1ccc(O)cc1O2. The summed E-state index contributed by atoms with van der Waals surface area (Å²) in [7, 11) is 0. The zero-order valence-corrected chi connectivity index (χ0v) is 17.7. The Hall–Kier alpha value is -3.12. The third kappa shape index (κ3) is 3.71. The van der Waals surface area contributed by atoms with Crippen LogP contribution in [0.5, 0.6) is 17.4 Å². The van der Waals surface area contributed by atoms with E-state index in [2.05, 4.69) is 54.9 Å². The van der Waals surface area contributed by atoms with Crippen LogP contribution in [0.15, 0.2) is 48.8 Å². The molecule has 2 aromatic carbocycles. The number of aromatic nitrogens is 2. The first-order chi connectivity index (χ1) is 14.5. The summed E-state index contributed by atoms with van der Waals surface area (Å²) >= 11 is 0. The Balaban J connectivity index is 1.83. The topological polar surface area (TPSA) is 74.4 Å². The number of benzene rings is 2. The number of fused-ring (bicyclic) bond motifs is 2. The van der Waals surface area contributed by atoms with E-state index >= 15 is 0 Å². The highest BCUT2D eigenvalue weighted by Gasteiger charge is 2.32. The Labute approximate surface area is 176 Å². The quantitative estimate of drug-likeness (QED) is 0.509. The van der Waals surface area contributed by atoms with Crippen molar-refractivity contribution in [1.29, 1.82) is 5.41 Å². The number of nitrogens with zero attached hydrogens (tertiary/aromatic N) is 3. The van der Waals surface area contributed by atoms with Gasteiger partial charge in [-0.05, 0) is 31.6 Å². The second-order valence-corrected chi connectivity index (χ2v) is 7.70. The molecule has 0 aliphatic carbocycles. The predicted molar refractivity (Wildman–Crippen MR) is 116 cm³/mol. The van der Waals surface area contributed by atoms with Crippen LogP contribution in [-0.2, 0) is 6.54 Å². The van der Waals surface area contributed by atoms with E-state index in [-0.39, 0.29) is 11.7 Å². The maximum atomic E-state index is 9.95. The van der Waals surface area contributed by atoms with Gasteiger partial charge in [-0.25, -0.2) is 4.98 Å². The number of ether oxygens (including phenoxy) is 1. The molecule has 0 spiro atoms. The molecule has 1 aromatic heterocycles. The first-order valence-corrected chi connectivity index (χ1v) is 10.5. The molecular weight excluding hydrogens is 376 g/mol. The van der Waals surface area contributed by atoms with Crippen LogP contribution in [0, 0.1) is 12.3 Å². The smallest absolute Gasteiger partial charge is 0.228 e. The number of phenols is 1. The van der Waals surface area contributed by atoms with Crippen LogP contribution in [0.3, 0.4) is 0 Å². The molecule has 0 amide bonds. The minimum absolute atomic E-state index is 0.149. The van der Waals surface area contributed by atoms with Gasteiger partial charge in [-0.2, -0.15) is 0 Å². The Morgan fingerprint density at radius 2 is 1.87 bits per heavy atom. The van der Waals surface area contributed by atoms with E-state index in [4.69, 9.17) is 10.1 Å². The molecule has 3 aromatic rings. The Morgan fingerprint density at radius 3 is 2.57 bits per heavy atom. The summed E-state index contributed by atoms with van der Waals surface area (Å²) in [5.74, 6) is 0.991. The number of nitrogens with one attached hydrogen (secondary N) is 1. The normalized spacial score (nSPS) is 14.9. The van der Waals surface area contributed by atoms with Gasteiger partial charge < -0.3 is 19.3 Å². The minimum atomic E-state index is -0.175. The molecule has 6 nitrogen and oxygen atoms in total. The number of phenolic OH excluding ortho intramolecular Hbond substituents is 1. The molecule has 0 saturated carbocycles. The van der Waals surface area contributed by atoms with Crippen LogP contribution in [-0.4, -0.2) is 39.2 Å². The van der Waals surface area contributed by atoms with Gasteiger partial charge in [0, 0.05) is 30.6 Å². The molecule has 0 saturated heterocycles. The highest BCUT2D eigenvalue weighted by molar-refractivity contribution is 5.57. The lowest BCUT2D eigenvalue weighted by Gasteiger charge is -2.29. The van der Waals surface area contributed by atoms with Gasteiger partial charge in [0.25, 0.3) is 0 Å². The average molecular weight is 405 g/mol. The molecule has 30 heavy (non-hydrogen) atoms. The third-order valence-electron chi connectivity index (χ3n) is 5.85. The fraction of sp³-hybridized carbons (Fsp3) is 0.333. The number of aromatic hydroxyl groups is 1. The fourth-order valence-electron chi connectivity index (χ4n) is 4.02. The van der Waals surface area contributed by atoms with Crippen LogP contribution in [0.2, 0.25) is 0 Å².